The number of fused-ring (bicyclic) bond motifs is 2. The highest BCUT2D eigenvalue weighted by Gasteiger charge is 2.20. The monoisotopic (exact) mass is 520 g/mol. The van der Waals surface area contributed by atoms with Crippen molar-refractivity contribution in [1.29, 1.82) is 0 Å². The first-order chi connectivity index (χ1) is 18.3. The molecule has 2 heterocycles. The van der Waals surface area contributed by atoms with Gasteiger partial charge >= 0.3 is 0 Å². The van der Waals surface area contributed by atoms with Crippen LogP contribution in [-0.2, 0) is 9.59 Å². The molecule has 2 aromatic carbocycles. The highest BCUT2D eigenvalue weighted by Crippen LogP contribution is 2.32. The van der Waals surface area contributed by atoms with Crippen molar-refractivity contribution in [3.05, 3.63) is 59.9 Å². The van der Waals surface area contributed by atoms with Crippen LogP contribution in [0.25, 0.3) is 21.8 Å². The Bertz CT molecular complexity index is 1340. The maximum absolute atomic E-state index is 11.2. The number of benzene rings is 2. The lowest BCUT2D eigenvalue weighted by molar-refractivity contribution is -0.119. The number of aromatic amines is 2. The predicted octanol–water partition coefficient (Wildman–Crippen LogP) is 5.47. The van der Waals surface area contributed by atoms with Crippen LogP contribution in [0.15, 0.2) is 48.8 Å². The van der Waals surface area contributed by atoms with Gasteiger partial charge in [0.1, 0.15) is 11.5 Å². The zero-order valence-electron chi connectivity index (χ0n) is 23.2. The van der Waals surface area contributed by atoms with Gasteiger partial charge in [0.05, 0.1) is 13.7 Å². The first-order valence-corrected chi connectivity index (χ1v) is 13.1. The molecule has 0 saturated heterocycles. The Morgan fingerprint density at radius 1 is 0.947 bits per heavy atom. The molecule has 4 aromatic rings. The Labute approximate surface area is 224 Å². The Balaban J connectivity index is 0.000000212. The Kier molecular flexibility index (Phi) is 10.2. The Morgan fingerprint density at radius 2 is 1.55 bits per heavy atom. The van der Waals surface area contributed by atoms with Gasteiger partial charge in [0.15, 0.2) is 0 Å². The van der Waals surface area contributed by atoms with Gasteiger partial charge in [-0.1, -0.05) is 20.8 Å². The molecule has 2 unspecified atom stereocenters. The first-order valence-electron chi connectivity index (χ1n) is 13.1. The van der Waals surface area contributed by atoms with E-state index >= 15 is 0 Å². The quantitative estimate of drug-likeness (QED) is 0.197. The summed E-state index contributed by atoms with van der Waals surface area (Å²) in [6.07, 6.45) is 4.77. The fourth-order valence-electron chi connectivity index (χ4n) is 4.63. The molecule has 8 nitrogen and oxygen atoms in total. The van der Waals surface area contributed by atoms with Crippen LogP contribution in [0.2, 0.25) is 0 Å². The number of nitrogens with one attached hydrogen (secondary N) is 4. The van der Waals surface area contributed by atoms with Gasteiger partial charge in [0.25, 0.3) is 0 Å². The summed E-state index contributed by atoms with van der Waals surface area (Å²) in [6.45, 7) is 11.9. The molecule has 0 aliphatic rings. The standard InChI is InChI=1S/C16H22N2O2.C14H18N2O2/c1-10(2)14(8-17-11(3)19)15-9-18-16-6-5-12(20-4)7-13(15)16;1-3-18-11-4-5-14-12(6-11)13(8-16-14)10(2)7-15-9-17/h5-7,9-10,14,18H,8H2,1-4H3,(H,17,19);4-6,8-10,16H,3,7H2,1-2H3,(H,15,17). The van der Waals surface area contributed by atoms with E-state index in [2.05, 4.69) is 41.4 Å². The van der Waals surface area contributed by atoms with Gasteiger partial charge in [-0.2, -0.15) is 0 Å². The Morgan fingerprint density at radius 3 is 2.13 bits per heavy atom. The first kappa shape index (κ1) is 28.6. The molecule has 0 aliphatic heterocycles. The van der Waals surface area contributed by atoms with Crippen LogP contribution in [0.1, 0.15) is 57.6 Å². The van der Waals surface area contributed by atoms with Gasteiger partial charge in [-0.25, -0.2) is 0 Å². The van der Waals surface area contributed by atoms with E-state index in [1.807, 2.05) is 55.7 Å². The molecule has 2 aromatic heterocycles. The summed E-state index contributed by atoms with van der Waals surface area (Å²) in [5.74, 6) is 2.71. The number of carbonyl (C=O) groups excluding carboxylic acids is 2. The van der Waals surface area contributed by atoms with Crippen LogP contribution in [0.3, 0.4) is 0 Å². The second-order valence-electron chi connectivity index (χ2n) is 9.75. The molecule has 38 heavy (non-hydrogen) atoms. The molecule has 0 bridgehead atoms. The van der Waals surface area contributed by atoms with Gasteiger partial charge in [-0.05, 0) is 60.4 Å². The van der Waals surface area contributed by atoms with Crippen LogP contribution in [0, 0.1) is 5.92 Å². The largest absolute Gasteiger partial charge is 0.497 e. The summed E-state index contributed by atoms with van der Waals surface area (Å²) in [7, 11) is 1.67. The molecule has 2 atom stereocenters. The molecule has 204 valence electrons. The van der Waals surface area contributed by atoms with Crippen molar-refractivity contribution in [3.8, 4) is 11.5 Å². The zero-order chi connectivity index (χ0) is 27.7. The van der Waals surface area contributed by atoms with Crippen molar-refractivity contribution in [1.82, 2.24) is 20.6 Å². The van der Waals surface area contributed by atoms with Gasteiger partial charge in [0.2, 0.25) is 12.3 Å². The van der Waals surface area contributed by atoms with E-state index in [1.165, 1.54) is 11.1 Å². The third kappa shape index (κ3) is 7.09. The number of H-pyrrole nitrogens is 2. The van der Waals surface area contributed by atoms with Crippen LogP contribution in [0.4, 0.5) is 0 Å². The number of amides is 2. The molecule has 4 N–H and O–H groups in total. The molecule has 8 heteroatoms. The van der Waals surface area contributed by atoms with E-state index in [9.17, 15) is 9.59 Å². The average molecular weight is 521 g/mol. The summed E-state index contributed by atoms with van der Waals surface area (Å²) in [6, 6.07) is 12.0. The Hall–Kier alpha value is -3.94. The minimum absolute atomic E-state index is 0.00747. The smallest absolute Gasteiger partial charge is 0.216 e. The van der Waals surface area contributed by atoms with Gasteiger partial charge in [-0.15, -0.1) is 0 Å². The molecule has 0 saturated carbocycles. The van der Waals surface area contributed by atoms with E-state index in [0.29, 0.717) is 25.6 Å². The number of methoxy groups -OCH3 is 1. The molecule has 0 aliphatic carbocycles. The third-order valence-corrected chi connectivity index (χ3v) is 6.73. The molecule has 2 amide bonds. The highest BCUT2D eigenvalue weighted by atomic mass is 16.5. The van der Waals surface area contributed by atoms with Crippen LogP contribution in [0.5, 0.6) is 11.5 Å². The lowest BCUT2D eigenvalue weighted by Gasteiger charge is -2.21. The summed E-state index contributed by atoms with van der Waals surface area (Å²) in [4.78, 5) is 28.0. The van der Waals surface area contributed by atoms with Crippen molar-refractivity contribution < 1.29 is 19.1 Å². The fourth-order valence-corrected chi connectivity index (χ4v) is 4.63. The SMILES string of the molecule is CCOc1ccc2[nH]cc(C(C)CNC=O)c2c1.COc1ccc2[nH]cc(C(CNC(C)=O)C(C)C)c2c1. The maximum Gasteiger partial charge on any atom is 0.216 e. The van der Waals surface area contributed by atoms with Crippen LogP contribution in [-0.4, -0.2) is 49.1 Å². The van der Waals surface area contributed by atoms with Crippen molar-refractivity contribution >= 4 is 34.1 Å². The molecule has 0 radical (unpaired) electrons. The number of carbonyl (C=O) groups is 2. The van der Waals surface area contributed by atoms with E-state index < -0.39 is 0 Å². The number of hydrogen-bond donors (Lipinski definition) is 4. The molecule has 4 rings (SSSR count). The molecule has 0 spiro atoms. The predicted molar refractivity (Wildman–Crippen MR) is 153 cm³/mol. The van der Waals surface area contributed by atoms with Gasteiger partial charge in [0, 0.05) is 66.0 Å². The lowest BCUT2D eigenvalue weighted by Crippen LogP contribution is -2.28. The number of aromatic nitrogens is 2. The molecular weight excluding hydrogens is 480 g/mol. The topological polar surface area (TPSA) is 108 Å². The summed E-state index contributed by atoms with van der Waals surface area (Å²) < 4.78 is 10.8. The van der Waals surface area contributed by atoms with Crippen molar-refractivity contribution in [2.45, 2.75) is 46.5 Å². The van der Waals surface area contributed by atoms with E-state index in [-0.39, 0.29) is 17.7 Å². The summed E-state index contributed by atoms with van der Waals surface area (Å²) in [5, 5.41) is 7.95. The molecular formula is C30H40N4O4. The minimum atomic E-state index is 0.00747. The summed E-state index contributed by atoms with van der Waals surface area (Å²) in [5.41, 5.74) is 4.60. The lowest BCUT2D eigenvalue weighted by atomic mass is 9.88. The zero-order valence-corrected chi connectivity index (χ0v) is 23.2. The van der Waals surface area contributed by atoms with Crippen molar-refractivity contribution in [2.75, 3.05) is 26.8 Å². The fraction of sp³-hybridized carbons (Fsp3) is 0.400. The van der Waals surface area contributed by atoms with Crippen LogP contribution >= 0.6 is 0 Å². The number of ether oxygens (including phenoxy) is 2. The number of rotatable bonds is 11. The normalized spacial score (nSPS) is 12.5. The summed E-state index contributed by atoms with van der Waals surface area (Å²) >= 11 is 0. The maximum atomic E-state index is 11.2. The minimum Gasteiger partial charge on any atom is -0.497 e. The van der Waals surface area contributed by atoms with E-state index in [1.54, 1.807) is 14.0 Å². The van der Waals surface area contributed by atoms with E-state index in [4.69, 9.17) is 9.47 Å². The van der Waals surface area contributed by atoms with E-state index in [0.717, 1.165) is 39.7 Å². The second-order valence-corrected chi connectivity index (χ2v) is 9.75. The second kappa shape index (κ2) is 13.6. The molecule has 0 fully saturated rings. The van der Waals surface area contributed by atoms with Crippen LogP contribution < -0.4 is 20.1 Å². The van der Waals surface area contributed by atoms with Crippen molar-refractivity contribution in [2.24, 2.45) is 5.92 Å². The van der Waals surface area contributed by atoms with Crippen molar-refractivity contribution in [3.63, 3.8) is 0 Å². The van der Waals surface area contributed by atoms with Gasteiger partial charge in [-0.3, -0.25) is 9.59 Å². The van der Waals surface area contributed by atoms with Gasteiger partial charge < -0.3 is 30.1 Å². The highest BCUT2D eigenvalue weighted by molar-refractivity contribution is 5.86. The number of hydrogen-bond acceptors (Lipinski definition) is 4. The average Bonchev–Trinajstić information content (AvgIpc) is 3.51. The third-order valence-electron chi connectivity index (χ3n) is 6.73.